The predicted molar refractivity (Wildman–Crippen MR) is 118 cm³/mol. The van der Waals surface area contributed by atoms with E-state index in [1.807, 2.05) is 34.9 Å². The van der Waals surface area contributed by atoms with Gasteiger partial charge in [0.05, 0.1) is 15.6 Å². The van der Waals surface area contributed by atoms with Crippen LogP contribution in [-0.2, 0) is 13.5 Å². The van der Waals surface area contributed by atoms with Crippen molar-refractivity contribution in [2.75, 3.05) is 13.2 Å². The third-order valence-electron chi connectivity index (χ3n) is 4.63. The SMILES string of the molecule is Cc1csc2c(C(=O)NCCCO)c(Cc3ccc(I)cc3F)n(C)c(=O)c12. The van der Waals surface area contributed by atoms with Crippen LogP contribution >= 0.6 is 33.9 Å². The molecule has 28 heavy (non-hydrogen) atoms. The first kappa shape index (κ1) is 20.9. The van der Waals surface area contributed by atoms with Crippen molar-refractivity contribution in [3.63, 3.8) is 0 Å². The molecule has 0 saturated heterocycles. The van der Waals surface area contributed by atoms with Crippen molar-refractivity contribution in [1.29, 1.82) is 0 Å². The second-order valence-corrected chi connectivity index (χ2v) is 8.68. The Bertz CT molecular complexity index is 1110. The second-order valence-electron chi connectivity index (χ2n) is 6.55. The lowest BCUT2D eigenvalue weighted by Gasteiger charge is -2.16. The number of benzene rings is 1. The Hall–Kier alpha value is -1.78. The molecule has 3 aromatic rings. The molecule has 0 fully saturated rings. The van der Waals surface area contributed by atoms with E-state index in [0.717, 1.165) is 9.13 Å². The standard InChI is InChI=1S/C20H20FIN2O3S/c1-11-10-28-18-16(11)20(27)24(2)15(17(18)19(26)23-6-3-7-25)8-12-4-5-13(22)9-14(12)21/h4-5,9-10,25H,3,6-8H2,1-2H3,(H,23,26). The molecule has 0 bridgehead atoms. The maximum Gasteiger partial charge on any atom is 0.259 e. The summed E-state index contributed by atoms with van der Waals surface area (Å²) >= 11 is 3.38. The first-order chi connectivity index (χ1) is 13.3. The number of amides is 1. The van der Waals surface area contributed by atoms with Gasteiger partial charge in [0.25, 0.3) is 11.5 Å². The van der Waals surface area contributed by atoms with Gasteiger partial charge in [-0.3, -0.25) is 9.59 Å². The minimum absolute atomic E-state index is 0.0260. The van der Waals surface area contributed by atoms with Gasteiger partial charge in [-0.15, -0.1) is 11.3 Å². The topological polar surface area (TPSA) is 71.3 Å². The van der Waals surface area contributed by atoms with E-state index in [1.165, 1.54) is 22.0 Å². The number of hydrogen-bond acceptors (Lipinski definition) is 4. The summed E-state index contributed by atoms with van der Waals surface area (Å²) in [6, 6.07) is 4.91. The minimum atomic E-state index is -0.367. The highest BCUT2D eigenvalue weighted by atomic mass is 127. The van der Waals surface area contributed by atoms with Gasteiger partial charge in [0.15, 0.2) is 0 Å². The normalized spacial score (nSPS) is 11.2. The highest BCUT2D eigenvalue weighted by Gasteiger charge is 2.23. The second kappa shape index (κ2) is 8.71. The van der Waals surface area contributed by atoms with E-state index in [9.17, 15) is 14.0 Å². The molecule has 2 N–H and O–H groups in total. The minimum Gasteiger partial charge on any atom is -0.396 e. The molecule has 0 aliphatic rings. The van der Waals surface area contributed by atoms with Gasteiger partial charge in [-0.2, -0.15) is 0 Å². The number of hydrogen-bond donors (Lipinski definition) is 2. The Morgan fingerprint density at radius 2 is 2.14 bits per heavy atom. The van der Waals surface area contributed by atoms with Crippen LogP contribution in [0.3, 0.4) is 0 Å². The molecule has 2 heterocycles. The Labute approximate surface area is 179 Å². The molecule has 0 aliphatic heterocycles. The number of nitrogens with one attached hydrogen (secondary N) is 1. The molecule has 0 unspecified atom stereocenters. The van der Waals surface area contributed by atoms with Gasteiger partial charge in [-0.25, -0.2) is 4.39 Å². The molecule has 2 aromatic heterocycles. The molecule has 148 valence electrons. The fraction of sp³-hybridized carbons (Fsp3) is 0.300. The van der Waals surface area contributed by atoms with E-state index in [0.29, 0.717) is 39.9 Å². The number of pyridine rings is 1. The van der Waals surface area contributed by atoms with E-state index in [1.54, 1.807) is 19.2 Å². The number of aromatic nitrogens is 1. The van der Waals surface area contributed by atoms with E-state index in [-0.39, 0.29) is 30.3 Å². The third kappa shape index (κ3) is 3.99. The van der Waals surface area contributed by atoms with Crippen LogP contribution < -0.4 is 10.9 Å². The smallest absolute Gasteiger partial charge is 0.259 e. The summed E-state index contributed by atoms with van der Waals surface area (Å²) in [5.74, 6) is -0.690. The van der Waals surface area contributed by atoms with Crippen molar-refractivity contribution in [2.45, 2.75) is 19.8 Å². The average molecular weight is 514 g/mol. The molecule has 0 saturated carbocycles. The Morgan fingerprint density at radius 3 is 2.82 bits per heavy atom. The number of thiophene rings is 1. The summed E-state index contributed by atoms with van der Waals surface area (Å²) in [6.07, 6.45) is 0.565. The number of rotatable bonds is 6. The lowest BCUT2D eigenvalue weighted by atomic mass is 10.0. The van der Waals surface area contributed by atoms with Gasteiger partial charge in [-0.1, -0.05) is 6.07 Å². The van der Waals surface area contributed by atoms with Gasteiger partial charge < -0.3 is 15.0 Å². The zero-order valence-corrected chi connectivity index (χ0v) is 18.5. The molecule has 5 nitrogen and oxygen atoms in total. The summed E-state index contributed by atoms with van der Waals surface area (Å²) in [7, 11) is 1.61. The zero-order valence-electron chi connectivity index (χ0n) is 15.5. The summed E-state index contributed by atoms with van der Waals surface area (Å²) in [5, 5.41) is 14.1. The molecule has 3 rings (SSSR count). The molecule has 0 atom stereocenters. The van der Waals surface area contributed by atoms with Crippen LogP contribution in [0.2, 0.25) is 0 Å². The quantitative estimate of drug-likeness (QED) is 0.392. The Balaban J connectivity index is 2.19. The van der Waals surface area contributed by atoms with Crippen molar-refractivity contribution in [1.82, 2.24) is 9.88 Å². The molecule has 0 aliphatic carbocycles. The zero-order chi connectivity index (χ0) is 20.4. The van der Waals surface area contributed by atoms with Crippen molar-refractivity contribution in [2.24, 2.45) is 7.05 Å². The van der Waals surface area contributed by atoms with Crippen LogP contribution in [0.25, 0.3) is 10.1 Å². The van der Waals surface area contributed by atoms with Crippen LogP contribution in [0.5, 0.6) is 0 Å². The number of aryl methyl sites for hydroxylation is 1. The summed E-state index contributed by atoms with van der Waals surface area (Å²) in [5.41, 5.74) is 1.91. The van der Waals surface area contributed by atoms with Crippen LogP contribution in [0.15, 0.2) is 28.4 Å². The lowest BCUT2D eigenvalue weighted by molar-refractivity contribution is 0.0951. The summed E-state index contributed by atoms with van der Waals surface area (Å²) in [6.45, 7) is 2.13. The molecular formula is C20H20FIN2O3S. The fourth-order valence-corrected chi connectivity index (χ4v) is 4.70. The van der Waals surface area contributed by atoms with Crippen LogP contribution in [0, 0.1) is 16.3 Å². The average Bonchev–Trinajstić information content (AvgIpc) is 3.03. The molecular weight excluding hydrogens is 494 g/mol. The largest absolute Gasteiger partial charge is 0.396 e. The summed E-state index contributed by atoms with van der Waals surface area (Å²) in [4.78, 5) is 25.9. The lowest BCUT2D eigenvalue weighted by Crippen LogP contribution is -2.31. The first-order valence-electron chi connectivity index (χ1n) is 8.77. The van der Waals surface area contributed by atoms with Crippen molar-refractivity contribution in [3.8, 4) is 0 Å². The molecule has 8 heteroatoms. The maximum atomic E-state index is 14.4. The van der Waals surface area contributed by atoms with Gasteiger partial charge in [0, 0.05) is 35.9 Å². The molecule has 1 amide bonds. The number of aliphatic hydroxyl groups excluding tert-OH is 1. The third-order valence-corrected chi connectivity index (χ3v) is 6.42. The summed E-state index contributed by atoms with van der Waals surface area (Å²) < 4.78 is 17.3. The van der Waals surface area contributed by atoms with Gasteiger partial charge in [0.1, 0.15) is 5.82 Å². The van der Waals surface area contributed by atoms with E-state index < -0.39 is 0 Å². The van der Waals surface area contributed by atoms with Crippen LogP contribution in [0.4, 0.5) is 4.39 Å². The van der Waals surface area contributed by atoms with E-state index >= 15 is 0 Å². The number of carbonyl (C=O) groups is 1. The fourth-order valence-electron chi connectivity index (χ4n) is 3.14. The first-order valence-corrected chi connectivity index (χ1v) is 10.7. The highest BCUT2D eigenvalue weighted by molar-refractivity contribution is 14.1. The Kier molecular flexibility index (Phi) is 6.51. The van der Waals surface area contributed by atoms with Crippen molar-refractivity contribution >= 4 is 49.9 Å². The van der Waals surface area contributed by atoms with Crippen LogP contribution in [-0.4, -0.2) is 28.7 Å². The Morgan fingerprint density at radius 1 is 1.39 bits per heavy atom. The van der Waals surface area contributed by atoms with E-state index in [2.05, 4.69) is 5.32 Å². The molecule has 0 spiro atoms. The maximum absolute atomic E-state index is 14.4. The number of nitrogens with zero attached hydrogens (tertiary/aromatic N) is 1. The number of fused-ring (bicyclic) bond motifs is 1. The van der Waals surface area contributed by atoms with Crippen molar-refractivity contribution in [3.05, 3.63) is 65.7 Å². The van der Waals surface area contributed by atoms with Gasteiger partial charge >= 0.3 is 0 Å². The number of halogens is 2. The van der Waals surface area contributed by atoms with E-state index in [4.69, 9.17) is 5.11 Å². The van der Waals surface area contributed by atoms with Crippen molar-refractivity contribution < 1.29 is 14.3 Å². The molecule has 1 aromatic carbocycles. The van der Waals surface area contributed by atoms with Crippen LogP contribution in [0.1, 0.15) is 33.6 Å². The number of carbonyl (C=O) groups excluding carboxylic acids is 1. The van der Waals surface area contributed by atoms with Gasteiger partial charge in [-0.05, 0) is 64.6 Å². The predicted octanol–water partition coefficient (Wildman–Crippen LogP) is 3.36. The monoisotopic (exact) mass is 514 g/mol. The number of aliphatic hydroxyl groups is 1. The molecule has 0 radical (unpaired) electrons. The highest BCUT2D eigenvalue weighted by Crippen LogP contribution is 2.30. The van der Waals surface area contributed by atoms with Gasteiger partial charge in [0.2, 0.25) is 0 Å².